The fourth-order valence-electron chi connectivity index (χ4n) is 3.63. The highest BCUT2D eigenvalue weighted by molar-refractivity contribution is 6.34. The van der Waals surface area contributed by atoms with Gasteiger partial charge >= 0.3 is 5.97 Å². The molecule has 0 saturated heterocycles. The SMILES string of the molecule is CCOC(=O)C(=O)Cc1cc2oc(-c3ccccc3)c(-c3ccccc3)c2cc1OC. The van der Waals surface area contributed by atoms with E-state index in [0.717, 1.165) is 27.8 Å². The van der Waals surface area contributed by atoms with Crippen molar-refractivity contribution in [2.75, 3.05) is 13.7 Å². The van der Waals surface area contributed by atoms with Crippen molar-refractivity contribution >= 4 is 22.7 Å². The Bertz CT molecular complexity index is 1220. The highest BCUT2D eigenvalue weighted by atomic mass is 16.5. The van der Waals surface area contributed by atoms with E-state index in [9.17, 15) is 9.59 Å². The molecule has 0 aliphatic heterocycles. The summed E-state index contributed by atoms with van der Waals surface area (Å²) in [4.78, 5) is 24.1. The molecule has 4 rings (SSSR count). The zero-order valence-corrected chi connectivity index (χ0v) is 17.4. The second kappa shape index (κ2) is 8.88. The number of hydrogen-bond donors (Lipinski definition) is 0. The summed E-state index contributed by atoms with van der Waals surface area (Å²) >= 11 is 0. The number of ether oxygens (including phenoxy) is 2. The summed E-state index contributed by atoms with van der Waals surface area (Å²) in [6, 6.07) is 23.5. The average molecular weight is 414 g/mol. The predicted molar refractivity (Wildman–Crippen MR) is 119 cm³/mol. The van der Waals surface area contributed by atoms with E-state index >= 15 is 0 Å². The van der Waals surface area contributed by atoms with Gasteiger partial charge in [-0.1, -0.05) is 60.7 Å². The van der Waals surface area contributed by atoms with Crippen molar-refractivity contribution in [2.45, 2.75) is 13.3 Å². The molecule has 0 radical (unpaired) electrons. The van der Waals surface area contributed by atoms with Crippen LogP contribution in [-0.4, -0.2) is 25.5 Å². The molecule has 0 saturated carbocycles. The summed E-state index contributed by atoms with van der Waals surface area (Å²) in [6.07, 6.45) is -0.125. The monoisotopic (exact) mass is 414 g/mol. The van der Waals surface area contributed by atoms with Crippen LogP contribution in [0.3, 0.4) is 0 Å². The Labute approximate surface area is 180 Å². The third kappa shape index (κ3) is 4.08. The third-order valence-corrected chi connectivity index (χ3v) is 5.04. The second-order valence-electron chi connectivity index (χ2n) is 7.02. The smallest absolute Gasteiger partial charge is 0.374 e. The molecular formula is C26H22O5. The van der Waals surface area contributed by atoms with Crippen LogP contribution in [0.2, 0.25) is 0 Å². The van der Waals surface area contributed by atoms with Crippen LogP contribution in [0, 0.1) is 0 Å². The number of carbonyl (C=O) groups excluding carboxylic acids is 2. The second-order valence-corrected chi connectivity index (χ2v) is 7.02. The molecule has 1 heterocycles. The molecule has 5 heteroatoms. The first-order valence-electron chi connectivity index (χ1n) is 10.1. The molecule has 0 amide bonds. The number of rotatable bonds is 7. The minimum Gasteiger partial charge on any atom is -0.496 e. The lowest BCUT2D eigenvalue weighted by atomic mass is 9.97. The van der Waals surface area contributed by atoms with E-state index in [0.29, 0.717) is 16.9 Å². The molecule has 3 aromatic carbocycles. The summed E-state index contributed by atoms with van der Waals surface area (Å²) in [7, 11) is 1.54. The lowest BCUT2D eigenvalue weighted by Crippen LogP contribution is -2.19. The molecule has 31 heavy (non-hydrogen) atoms. The molecule has 0 aliphatic carbocycles. The highest BCUT2D eigenvalue weighted by Gasteiger charge is 2.22. The molecule has 0 N–H and O–H groups in total. The Kier molecular flexibility index (Phi) is 5.85. The van der Waals surface area contributed by atoms with Crippen LogP contribution in [0.5, 0.6) is 5.75 Å². The van der Waals surface area contributed by atoms with Crippen LogP contribution in [0.15, 0.2) is 77.2 Å². The van der Waals surface area contributed by atoms with Gasteiger partial charge in [0.05, 0.1) is 13.7 Å². The maximum atomic E-state index is 12.3. The van der Waals surface area contributed by atoms with Crippen molar-refractivity contribution in [3.05, 3.63) is 78.4 Å². The normalized spacial score (nSPS) is 10.8. The summed E-state index contributed by atoms with van der Waals surface area (Å²) in [5, 5.41) is 0.870. The third-order valence-electron chi connectivity index (χ3n) is 5.04. The Morgan fingerprint density at radius 2 is 1.55 bits per heavy atom. The zero-order valence-electron chi connectivity index (χ0n) is 17.4. The number of fused-ring (bicyclic) bond motifs is 1. The van der Waals surface area contributed by atoms with Gasteiger partial charge < -0.3 is 13.9 Å². The van der Waals surface area contributed by atoms with Crippen LogP contribution in [0.4, 0.5) is 0 Å². The average Bonchev–Trinajstić information content (AvgIpc) is 3.18. The van der Waals surface area contributed by atoms with Gasteiger partial charge in [-0.05, 0) is 24.6 Å². The Morgan fingerprint density at radius 3 is 2.16 bits per heavy atom. The maximum Gasteiger partial charge on any atom is 0.374 e. The van der Waals surface area contributed by atoms with Crippen LogP contribution in [-0.2, 0) is 20.7 Å². The minimum atomic E-state index is -0.848. The van der Waals surface area contributed by atoms with Crippen molar-refractivity contribution < 1.29 is 23.5 Å². The highest BCUT2D eigenvalue weighted by Crippen LogP contribution is 2.43. The molecule has 0 spiro atoms. The van der Waals surface area contributed by atoms with Gasteiger partial charge in [-0.2, -0.15) is 0 Å². The number of benzene rings is 3. The fourth-order valence-corrected chi connectivity index (χ4v) is 3.63. The number of furan rings is 1. The van der Waals surface area contributed by atoms with E-state index in [1.54, 1.807) is 20.1 Å². The van der Waals surface area contributed by atoms with Gasteiger partial charge in [-0.15, -0.1) is 0 Å². The molecule has 1 aromatic heterocycles. The standard InChI is InChI=1S/C26H22O5/c1-3-30-26(28)21(27)14-19-15-23-20(16-22(19)29-2)24(17-10-6-4-7-11-17)25(31-23)18-12-8-5-9-13-18/h4-13,15-16H,3,14H2,1-2H3. The Hall–Kier alpha value is -3.86. The summed E-state index contributed by atoms with van der Waals surface area (Å²) in [6.45, 7) is 1.82. The minimum absolute atomic E-state index is 0.125. The largest absolute Gasteiger partial charge is 0.496 e. The lowest BCUT2D eigenvalue weighted by molar-refractivity contribution is -0.153. The Balaban J connectivity index is 1.89. The molecule has 0 atom stereocenters. The van der Waals surface area contributed by atoms with E-state index in [-0.39, 0.29) is 13.0 Å². The summed E-state index contributed by atoms with van der Waals surface area (Å²) < 4.78 is 16.7. The topological polar surface area (TPSA) is 65.7 Å². The first kappa shape index (κ1) is 20.4. The number of ketones is 1. The molecule has 4 aromatic rings. The van der Waals surface area contributed by atoms with E-state index in [1.165, 1.54) is 0 Å². The number of methoxy groups -OCH3 is 1. The van der Waals surface area contributed by atoms with Crippen LogP contribution >= 0.6 is 0 Å². The maximum absolute atomic E-state index is 12.3. The molecule has 0 bridgehead atoms. The molecule has 156 valence electrons. The first-order valence-corrected chi connectivity index (χ1v) is 10.1. The van der Waals surface area contributed by atoms with Crippen LogP contribution in [0.25, 0.3) is 33.4 Å². The first-order chi connectivity index (χ1) is 15.1. The predicted octanol–water partition coefficient (Wildman–Crippen LogP) is 5.45. The molecule has 0 unspecified atom stereocenters. The van der Waals surface area contributed by atoms with Gasteiger partial charge in [-0.25, -0.2) is 4.79 Å². The summed E-state index contributed by atoms with van der Waals surface area (Å²) in [5.41, 5.74) is 4.09. The van der Waals surface area contributed by atoms with E-state index < -0.39 is 11.8 Å². The van der Waals surface area contributed by atoms with Crippen molar-refractivity contribution in [1.82, 2.24) is 0 Å². The molecule has 0 fully saturated rings. The van der Waals surface area contributed by atoms with Crippen molar-refractivity contribution in [1.29, 1.82) is 0 Å². The number of esters is 1. The number of carbonyl (C=O) groups is 2. The van der Waals surface area contributed by atoms with E-state index in [2.05, 4.69) is 0 Å². The van der Waals surface area contributed by atoms with Gasteiger partial charge in [0.1, 0.15) is 17.1 Å². The number of hydrogen-bond acceptors (Lipinski definition) is 5. The van der Waals surface area contributed by atoms with Gasteiger partial charge in [0, 0.05) is 28.5 Å². The lowest BCUT2D eigenvalue weighted by Gasteiger charge is -2.09. The fraction of sp³-hybridized carbons (Fsp3) is 0.154. The van der Waals surface area contributed by atoms with Crippen molar-refractivity contribution in [2.24, 2.45) is 0 Å². The molecular weight excluding hydrogens is 392 g/mol. The van der Waals surface area contributed by atoms with Gasteiger partial charge in [0.25, 0.3) is 0 Å². The molecule has 5 nitrogen and oxygen atoms in total. The van der Waals surface area contributed by atoms with E-state index in [1.807, 2.05) is 66.7 Å². The van der Waals surface area contributed by atoms with E-state index in [4.69, 9.17) is 13.9 Å². The van der Waals surface area contributed by atoms with Crippen molar-refractivity contribution in [3.8, 4) is 28.2 Å². The number of Topliss-reactive ketones (excluding diaryl/α,β-unsaturated/α-hetero) is 1. The van der Waals surface area contributed by atoms with Crippen LogP contribution < -0.4 is 4.74 Å². The van der Waals surface area contributed by atoms with Gasteiger partial charge in [0.2, 0.25) is 5.78 Å². The quantitative estimate of drug-likeness (QED) is 0.297. The zero-order chi connectivity index (χ0) is 21.8. The van der Waals surface area contributed by atoms with Crippen LogP contribution in [0.1, 0.15) is 12.5 Å². The van der Waals surface area contributed by atoms with Gasteiger partial charge in [0.15, 0.2) is 0 Å². The Morgan fingerprint density at radius 1 is 0.903 bits per heavy atom. The summed E-state index contributed by atoms with van der Waals surface area (Å²) in [5.74, 6) is -0.225. The van der Waals surface area contributed by atoms with Gasteiger partial charge in [-0.3, -0.25) is 4.79 Å². The van der Waals surface area contributed by atoms with Crippen molar-refractivity contribution in [3.63, 3.8) is 0 Å². The molecule has 0 aliphatic rings.